The van der Waals surface area contributed by atoms with Gasteiger partial charge in [0.05, 0.1) is 29.4 Å². The molecule has 9 heteroatoms. The van der Waals surface area contributed by atoms with Crippen LogP contribution in [0.1, 0.15) is 0 Å². The summed E-state index contributed by atoms with van der Waals surface area (Å²) < 4.78 is 13.3. The van der Waals surface area contributed by atoms with Crippen molar-refractivity contribution in [3.8, 4) is 21.9 Å². The highest BCUT2D eigenvalue weighted by atomic mass is 35.5. The summed E-state index contributed by atoms with van der Waals surface area (Å²) in [6.07, 6.45) is 1.54. The molecule has 0 saturated carbocycles. The van der Waals surface area contributed by atoms with Crippen molar-refractivity contribution >= 4 is 44.8 Å². The van der Waals surface area contributed by atoms with Crippen molar-refractivity contribution in [1.82, 2.24) is 14.5 Å². The highest BCUT2D eigenvalue weighted by Crippen LogP contribution is 2.32. The number of nitrogens with zero attached hydrogens (tertiary/aromatic N) is 3. The van der Waals surface area contributed by atoms with E-state index in [0.29, 0.717) is 38.3 Å². The minimum Gasteiger partial charge on any atom is -0.491 e. The molecule has 1 fully saturated rings. The van der Waals surface area contributed by atoms with Crippen LogP contribution in [0.4, 0.5) is 0 Å². The van der Waals surface area contributed by atoms with Gasteiger partial charge in [0.2, 0.25) is 0 Å². The molecule has 4 aromatic rings. The number of ether oxygens (including phenoxy) is 2. The summed E-state index contributed by atoms with van der Waals surface area (Å²) in [5.41, 5.74) is 2.17. The van der Waals surface area contributed by atoms with Crippen LogP contribution in [0, 0.1) is 0 Å². The maximum absolute atomic E-state index is 13.2. The molecule has 0 bridgehead atoms. The van der Waals surface area contributed by atoms with Crippen molar-refractivity contribution in [3.05, 3.63) is 75.3 Å². The van der Waals surface area contributed by atoms with Crippen LogP contribution >= 0.6 is 34.5 Å². The molecule has 33 heavy (non-hydrogen) atoms. The van der Waals surface area contributed by atoms with Crippen LogP contribution in [0.25, 0.3) is 26.3 Å². The van der Waals surface area contributed by atoms with Gasteiger partial charge in [-0.1, -0.05) is 35.3 Å². The number of thiophene rings is 1. The van der Waals surface area contributed by atoms with Gasteiger partial charge in [-0.3, -0.25) is 14.3 Å². The average Bonchev–Trinajstić information content (AvgIpc) is 3.27. The number of hydrogen-bond donors (Lipinski definition) is 0. The third-order valence-electron chi connectivity index (χ3n) is 5.53. The Labute approximate surface area is 204 Å². The Kier molecular flexibility index (Phi) is 6.66. The molecule has 0 unspecified atom stereocenters. The zero-order chi connectivity index (χ0) is 22.8. The third kappa shape index (κ3) is 4.93. The van der Waals surface area contributed by atoms with E-state index in [1.54, 1.807) is 12.1 Å². The monoisotopic (exact) mass is 501 g/mol. The zero-order valence-electron chi connectivity index (χ0n) is 17.7. The average molecular weight is 502 g/mol. The summed E-state index contributed by atoms with van der Waals surface area (Å²) in [7, 11) is 0. The van der Waals surface area contributed by atoms with Gasteiger partial charge in [0.25, 0.3) is 5.56 Å². The second-order valence-corrected chi connectivity index (χ2v) is 9.56. The normalized spacial score (nSPS) is 14.6. The molecule has 1 aliphatic rings. The molecule has 0 aliphatic carbocycles. The Morgan fingerprint density at radius 2 is 1.85 bits per heavy atom. The van der Waals surface area contributed by atoms with Gasteiger partial charge >= 0.3 is 0 Å². The molecule has 1 aliphatic heterocycles. The predicted octanol–water partition coefficient (Wildman–Crippen LogP) is 5.13. The van der Waals surface area contributed by atoms with Crippen LogP contribution in [0.5, 0.6) is 5.75 Å². The van der Waals surface area contributed by atoms with Gasteiger partial charge in [-0.15, -0.1) is 11.3 Å². The lowest BCUT2D eigenvalue weighted by Gasteiger charge is -2.26. The van der Waals surface area contributed by atoms with Gasteiger partial charge in [0.15, 0.2) is 0 Å². The fourth-order valence-corrected chi connectivity index (χ4v) is 5.12. The summed E-state index contributed by atoms with van der Waals surface area (Å²) in [6, 6.07) is 14.8. The van der Waals surface area contributed by atoms with Gasteiger partial charge in [-0.2, -0.15) is 0 Å². The number of morpholine rings is 1. The summed E-state index contributed by atoms with van der Waals surface area (Å²) in [6.45, 7) is 4.70. The molecule has 2 aromatic carbocycles. The number of fused-ring (bicyclic) bond motifs is 1. The molecule has 3 heterocycles. The fraction of sp³-hybridized carbons (Fsp3) is 0.250. The lowest BCUT2D eigenvalue weighted by molar-refractivity contribution is 0.0322. The first kappa shape index (κ1) is 22.4. The van der Waals surface area contributed by atoms with Crippen LogP contribution < -0.4 is 10.3 Å². The van der Waals surface area contributed by atoms with Gasteiger partial charge in [-0.05, 0) is 42.0 Å². The van der Waals surface area contributed by atoms with Crippen molar-refractivity contribution in [3.63, 3.8) is 0 Å². The molecule has 1 saturated heterocycles. The van der Waals surface area contributed by atoms with Crippen molar-refractivity contribution in [2.75, 3.05) is 39.5 Å². The standard InChI is InChI=1S/C24H21Cl2N3O3S/c25-17-3-1-16(2-4-17)22-14-20-23(33-22)24(30)29(15-27-20)18-5-6-21(19(26)13-18)32-12-9-28-7-10-31-11-8-28/h1-6,13-15H,7-12H2. The topological polar surface area (TPSA) is 56.6 Å². The molecule has 6 nitrogen and oxygen atoms in total. The fourth-order valence-electron chi connectivity index (χ4n) is 3.72. The van der Waals surface area contributed by atoms with Crippen LogP contribution in [0.2, 0.25) is 10.0 Å². The second-order valence-electron chi connectivity index (χ2n) is 7.67. The minimum atomic E-state index is -0.137. The first-order valence-corrected chi connectivity index (χ1v) is 12.2. The summed E-state index contributed by atoms with van der Waals surface area (Å²) in [4.78, 5) is 20.9. The van der Waals surface area contributed by atoms with Crippen molar-refractivity contribution in [1.29, 1.82) is 0 Å². The third-order valence-corrected chi connectivity index (χ3v) is 7.24. The number of aromatic nitrogens is 2. The number of halogens is 2. The first-order valence-electron chi connectivity index (χ1n) is 10.6. The zero-order valence-corrected chi connectivity index (χ0v) is 20.0. The molecular weight excluding hydrogens is 481 g/mol. The number of hydrogen-bond acceptors (Lipinski definition) is 6. The first-order chi connectivity index (χ1) is 16.1. The summed E-state index contributed by atoms with van der Waals surface area (Å²) in [5.74, 6) is 0.594. The van der Waals surface area contributed by atoms with Crippen LogP contribution in [0.15, 0.2) is 59.7 Å². The highest BCUT2D eigenvalue weighted by Gasteiger charge is 2.14. The summed E-state index contributed by atoms with van der Waals surface area (Å²) in [5, 5.41) is 1.13. The molecule has 2 aromatic heterocycles. The van der Waals surface area contributed by atoms with Gasteiger partial charge in [0, 0.05) is 29.5 Å². The number of benzene rings is 2. The van der Waals surface area contributed by atoms with E-state index in [1.165, 1.54) is 22.2 Å². The van der Waals surface area contributed by atoms with E-state index < -0.39 is 0 Å². The lowest BCUT2D eigenvalue weighted by Crippen LogP contribution is -2.38. The van der Waals surface area contributed by atoms with Gasteiger partial charge in [0.1, 0.15) is 23.4 Å². The molecule has 5 rings (SSSR count). The number of rotatable bonds is 6. The Hall–Kier alpha value is -2.42. The van der Waals surface area contributed by atoms with E-state index in [2.05, 4.69) is 9.88 Å². The molecule has 0 radical (unpaired) electrons. The van der Waals surface area contributed by atoms with Crippen molar-refractivity contribution in [2.45, 2.75) is 0 Å². The van der Waals surface area contributed by atoms with Crippen molar-refractivity contribution < 1.29 is 9.47 Å². The van der Waals surface area contributed by atoms with Crippen LogP contribution in [-0.2, 0) is 4.74 Å². The smallest absolute Gasteiger partial charge is 0.275 e. The van der Waals surface area contributed by atoms with E-state index in [-0.39, 0.29) is 5.56 Å². The Morgan fingerprint density at radius 1 is 1.06 bits per heavy atom. The second kappa shape index (κ2) is 9.83. The predicted molar refractivity (Wildman–Crippen MR) is 133 cm³/mol. The molecule has 170 valence electrons. The molecular formula is C24H21Cl2N3O3S. The Balaban J connectivity index is 1.36. The van der Waals surface area contributed by atoms with Crippen LogP contribution in [-0.4, -0.2) is 53.9 Å². The Bertz CT molecular complexity index is 1330. The quantitative estimate of drug-likeness (QED) is 0.366. The maximum Gasteiger partial charge on any atom is 0.275 e. The Morgan fingerprint density at radius 3 is 2.61 bits per heavy atom. The largest absolute Gasteiger partial charge is 0.491 e. The molecule has 0 atom stereocenters. The van der Waals surface area contributed by atoms with Crippen molar-refractivity contribution in [2.24, 2.45) is 0 Å². The molecule has 0 N–H and O–H groups in total. The molecule has 0 spiro atoms. The van der Waals surface area contributed by atoms with Gasteiger partial charge < -0.3 is 9.47 Å². The maximum atomic E-state index is 13.2. The van der Waals surface area contributed by atoms with Gasteiger partial charge in [-0.25, -0.2) is 4.98 Å². The highest BCUT2D eigenvalue weighted by molar-refractivity contribution is 7.22. The SMILES string of the molecule is O=c1c2sc(-c3ccc(Cl)cc3)cc2ncn1-c1ccc(OCCN2CCOCC2)c(Cl)c1. The van der Waals surface area contributed by atoms with E-state index in [1.807, 2.05) is 36.4 Å². The molecule has 0 amide bonds. The van der Waals surface area contributed by atoms with E-state index in [9.17, 15) is 4.79 Å². The summed E-state index contributed by atoms with van der Waals surface area (Å²) >= 11 is 13.9. The van der Waals surface area contributed by atoms with Crippen LogP contribution in [0.3, 0.4) is 0 Å². The van der Waals surface area contributed by atoms with E-state index >= 15 is 0 Å². The van der Waals surface area contributed by atoms with E-state index in [4.69, 9.17) is 32.7 Å². The minimum absolute atomic E-state index is 0.137. The van der Waals surface area contributed by atoms with E-state index in [0.717, 1.165) is 43.3 Å². The lowest BCUT2D eigenvalue weighted by atomic mass is 10.2.